The Hall–Kier alpha value is -3.94. The van der Waals surface area contributed by atoms with Gasteiger partial charge in [-0.05, 0) is 49.2 Å². The second kappa shape index (κ2) is 9.47. The minimum absolute atomic E-state index is 0.0973. The Kier molecular flexibility index (Phi) is 6.30. The van der Waals surface area contributed by atoms with Crippen LogP contribution in [0.15, 0.2) is 60.9 Å². The number of para-hydroxylation sites is 1. The summed E-state index contributed by atoms with van der Waals surface area (Å²) in [5.74, 6) is 0.827. The van der Waals surface area contributed by atoms with E-state index in [1.807, 2.05) is 30.3 Å². The average Bonchev–Trinajstić information content (AvgIpc) is 2.84. The molecule has 1 fully saturated rings. The van der Waals surface area contributed by atoms with Gasteiger partial charge in [-0.25, -0.2) is 9.97 Å². The molecule has 1 aromatic heterocycles. The molecule has 0 radical (unpaired) electrons. The lowest BCUT2D eigenvalue weighted by Crippen LogP contribution is -2.38. The summed E-state index contributed by atoms with van der Waals surface area (Å²) in [6.07, 6.45) is 2.94. The number of rotatable bonds is 6. The van der Waals surface area contributed by atoms with Crippen LogP contribution in [0.5, 0.6) is 5.75 Å². The number of hydrogen-bond acceptors (Lipinski definition) is 6. The number of piperidine rings is 1. The van der Waals surface area contributed by atoms with Crippen LogP contribution in [0.3, 0.4) is 0 Å². The van der Waals surface area contributed by atoms with E-state index in [0.29, 0.717) is 37.2 Å². The van der Waals surface area contributed by atoms with Crippen LogP contribution in [0.1, 0.15) is 23.2 Å². The highest BCUT2D eigenvalue weighted by atomic mass is 16.5. The van der Waals surface area contributed by atoms with E-state index in [2.05, 4.69) is 20.2 Å². The van der Waals surface area contributed by atoms with Gasteiger partial charge in [-0.15, -0.1) is 0 Å². The van der Waals surface area contributed by atoms with Crippen molar-refractivity contribution >= 4 is 23.3 Å². The maximum Gasteiger partial charge on any atom is 0.250 e. The second-order valence-corrected chi connectivity index (χ2v) is 7.65. The third kappa shape index (κ3) is 4.69. The Balaban J connectivity index is 1.39. The van der Waals surface area contributed by atoms with Crippen molar-refractivity contribution in [1.82, 2.24) is 9.97 Å². The molecule has 1 aliphatic heterocycles. The van der Waals surface area contributed by atoms with Gasteiger partial charge in [0.2, 0.25) is 5.91 Å². The number of nitrogens with zero attached hydrogens (tertiary/aromatic N) is 3. The molecule has 1 aliphatic rings. The van der Waals surface area contributed by atoms with Crippen molar-refractivity contribution in [2.24, 2.45) is 11.7 Å². The van der Waals surface area contributed by atoms with E-state index in [9.17, 15) is 9.59 Å². The number of primary amides is 1. The molecule has 0 spiro atoms. The normalized spacial score (nSPS) is 14.1. The van der Waals surface area contributed by atoms with Crippen molar-refractivity contribution in [2.45, 2.75) is 12.8 Å². The lowest BCUT2D eigenvalue weighted by atomic mass is 9.95. The number of methoxy groups -OCH3 is 1. The fraction of sp³-hybridized carbons (Fsp3) is 0.250. The monoisotopic (exact) mass is 431 g/mol. The standard InChI is InChI=1S/C24H25N5O3/c1-32-18-8-6-16(7-9-18)21-14-22(27-15-26-21)29-12-10-17(11-13-29)24(31)28-20-5-3-2-4-19(20)23(25)30/h2-9,14-15,17H,10-13H2,1H3,(H2,25,30)(H,28,31). The largest absolute Gasteiger partial charge is 0.497 e. The molecule has 1 saturated heterocycles. The molecule has 32 heavy (non-hydrogen) atoms. The van der Waals surface area contributed by atoms with Crippen LogP contribution in [0.25, 0.3) is 11.3 Å². The van der Waals surface area contributed by atoms with Gasteiger partial charge in [0.15, 0.2) is 0 Å². The smallest absolute Gasteiger partial charge is 0.250 e. The highest BCUT2D eigenvalue weighted by Gasteiger charge is 2.26. The molecule has 8 nitrogen and oxygen atoms in total. The van der Waals surface area contributed by atoms with Gasteiger partial charge < -0.3 is 20.7 Å². The first-order chi connectivity index (χ1) is 15.5. The summed E-state index contributed by atoms with van der Waals surface area (Å²) in [6.45, 7) is 1.41. The summed E-state index contributed by atoms with van der Waals surface area (Å²) < 4.78 is 5.21. The van der Waals surface area contributed by atoms with Crippen LogP contribution < -0.4 is 20.7 Å². The number of amides is 2. The molecular weight excluding hydrogens is 406 g/mol. The third-order valence-electron chi connectivity index (χ3n) is 5.68. The number of hydrogen-bond donors (Lipinski definition) is 2. The van der Waals surface area contributed by atoms with Gasteiger partial charge in [0.25, 0.3) is 5.91 Å². The molecule has 0 atom stereocenters. The predicted molar refractivity (Wildman–Crippen MR) is 123 cm³/mol. The van der Waals surface area contributed by atoms with Gasteiger partial charge in [-0.1, -0.05) is 12.1 Å². The molecule has 2 heterocycles. The molecule has 0 bridgehead atoms. The predicted octanol–water partition coefficient (Wildman–Crippen LogP) is 3.11. The van der Waals surface area contributed by atoms with Gasteiger partial charge in [0.1, 0.15) is 17.9 Å². The molecule has 0 aliphatic carbocycles. The van der Waals surface area contributed by atoms with E-state index < -0.39 is 5.91 Å². The van der Waals surface area contributed by atoms with Crippen LogP contribution in [-0.4, -0.2) is 42.0 Å². The average molecular weight is 431 g/mol. The first-order valence-corrected chi connectivity index (χ1v) is 10.5. The van der Waals surface area contributed by atoms with E-state index in [4.69, 9.17) is 10.5 Å². The summed E-state index contributed by atoms with van der Waals surface area (Å²) in [5.41, 5.74) is 7.98. The Morgan fingerprint density at radius 1 is 1.06 bits per heavy atom. The minimum atomic E-state index is -0.563. The zero-order chi connectivity index (χ0) is 22.5. The molecule has 3 aromatic rings. The molecule has 4 rings (SSSR count). The SMILES string of the molecule is COc1ccc(-c2cc(N3CCC(C(=O)Nc4ccccc4C(N)=O)CC3)ncn2)cc1. The summed E-state index contributed by atoms with van der Waals surface area (Å²) in [7, 11) is 1.64. The molecule has 2 aromatic carbocycles. The van der Waals surface area contributed by atoms with Gasteiger partial charge in [0.05, 0.1) is 24.1 Å². The number of carbonyl (C=O) groups excluding carboxylic acids is 2. The van der Waals surface area contributed by atoms with Crippen LogP contribution in [0, 0.1) is 5.92 Å². The Bertz CT molecular complexity index is 1110. The summed E-state index contributed by atoms with van der Waals surface area (Å²) in [5, 5.41) is 2.86. The summed E-state index contributed by atoms with van der Waals surface area (Å²) in [4.78, 5) is 35.3. The molecular formula is C24H25N5O3. The summed E-state index contributed by atoms with van der Waals surface area (Å²) >= 11 is 0. The van der Waals surface area contributed by atoms with Crippen molar-refractivity contribution in [3.05, 3.63) is 66.5 Å². The number of benzene rings is 2. The zero-order valence-corrected chi connectivity index (χ0v) is 17.8. The lowest BCUT2D eigenvalue weighted by molar-refractivity contribution is -0.120. The topological polar surface area (TPSA) is 110 Å². The van der Waals surface area contributed by atoms with E-state index in [1.54, 1.807) is 37.7 Å². The maximum absolute atomic E-state index is 12.8. The van der Waals surface area contributed by atoms with Crippen molar-refractivity contribution in [3.8, 4) is 17.0 Å². The quantitative estimate of drug-likeness (QED) is 0.621. The van der Waals surface area contributed by atoms with E-state index >= 15 is 0 Å². The zero-order valence-electron chi connectivity index (χ0n) is 17.8. The van der Waals surface area contributed by atoms with Gasteiger partial charge >= 0.3 is 0 Å². The van der Waals surface area contributed by atoms with E-state index in [-0.39, 0.29) is 11.8 Å². The fourth-order valence-corrected chi connectivity index (χ4v) is 3.85. The Morgan fingerprint density at radius 2 is 1.78 bits per heavy atom. The molecule has 3 N–H and O–H groups in total. The Labute approximate surface area is 186 Å². The first-order valence-electron chi connectivity index (χ1n) is 10.5. The highest BCUT2D eigenvalue weighted by molar-refractivity contribution is 6.03. The number of anilines is 2. The second-order valence-electron chi connectivity index (χ2n) is 7.65. The van der Waals surface area contributed by atoms with Crippen molar-refractivity contribution < 1.29 is 14.3 Å². The fourth-order valence-electron chi connectivity index (χ4n) is 3.85. The number of ether oxygens (including phenoxy) is 1. The number of carbonyl (C=O) groups is 2. The van der Waals surface area contributed by atoms with Crippen molar-refractivity contribution in [3.63, 3.8) is 0 Å². The number of nitrogens with two attached hydrogens (primary N) is 1. The highest BCUT2D eigenvalue weighted by Crippen LogP contribution is 2.27. The molecule has 8 heteroatoms. The Morgan fingerprint density at radius 3 is 2.47 bits per heavy atom. The van der Waals surface area contributed by atoms with Crippen LogP contribution in [-0.2, 0) is 4.79 Å². The third-order valence-corrected chi connectivity index (χ3v) is 5.68. The number of nitrogens with one attached hydrogen (secondary N) is 1. The molecule has 164 valence electrons. The number of aromatic nitrogens is 2. The van der Waals surface area contributed by atoms with E-state index in [1.165, 1.54) is 0 Å². The molecule has 0 saturated carbocycles. The van der Waals surface area contributed by atoms with Crippen LogP contribution >= 0.6 is 0 Å². The van der Waals surface area contributed by atoms with Crippen LogP contribution in [0.2, 0.25) is 0 Å². The van der Waals surface area contributed by atoms with Gasteiger partial charge in [0, 0.05) is 30.6 Å². The van der Waals surface area contributed by atoms with Gasteiger partial charge in [-0.3, -0.25) is 9.59 Å². The maximum atomic E-state index is 12.8. The van der Waals surface area contributed by atoms with Crippen molar-refractivity contribution in [2.75, 3.05) is 30.4 Å². The summed E-state index contributed by atoms with van der Waals surface area (Å²) in [6, 6.07) is 16.5. The molecule has 2 amide bonds. The minimum Gasteiger partial charge on any atom is -0.497 e. The molecule has 0 unspecified atom stereocenters. The van der Waals surface area contributed by atoms with Crippen molar-refractivity contribution in [1.29, 1.82) is 0 Å². The first kappa shape index (κ1) is 21.3. The van der Waals surface area contributed by atoms with Crippen LogP contribution in [0.4, 0.5) is 11.5 Å². The lowest BCUT2D eigenvalue weighted by Gasteiger charge is -2.32. The van der Waals surface area contributed by atoms with Gasteiger partial charge in [-0.2, -0.15) is 0 Å². The van der Waals surface area contributed by atoms with E-state index in [0.717, 1.165) is 22.8 Å².